The summed E-state index contributed by atoms with van der Waals surface area (Å²) in [5.74, 6) is -1.55. The molecule has 0 aliphatic heterocycles. The van der Waals surface area contributed by atoms with E-state index in [0.717, 1.165) is 25.7 Å². The summed E-state index contributed by atoms with van der Waals surface area (Å²) in [5, 5.41) is 19.5. The molecule has 0 aromatic heterocycles. The van der Waals surface area contributed by atoms with Gasteiger partial charge < -0.3 is 15.1 Å². The highest BCUT2D eigenvalue weighted by atomic mass is 16.4. The van der Waals surface area contributed by atoms with Crippen LogP contribution in [-0.4, -0.2) is 28.6 Å². The van der Waals surface area contributed by atoms with Gasteiger partial charge in [-0.15, -0.1) is 0 Å². The molecule has 132 valence electrons. The van der Waals surface area contributed by atoms with Crippen molar-refractivity contribution in [3.05, 3.63) is 23.8 Å². The first-order chi connectivity index (χ1) is 11.1. The summed E-state index contributed by atoms with van der Waals surface area (Å²) < 4.78 is 0. The minimum atomic E-state index is -1.21. The number of carbonyl (C=O) groups excluding carboxylic acids is 1. The number of aromatic carboxylic acids is 1. The van der Waals surface area contributed by atoms with E-state index < -0.39 is 5.97 Å². The van der Waals surface area contributed by atoms with E-state index in [1.807, 2.05) is 0 Å². The van der Waals surface area contributed by atoms with Crippen molar-refractivity contribution in [1.82, 2.24) is 0 Å². The van der Waals surface area contributed by atoms with E-state index in [0.29, 0.717) is 6.41 Å². The minimum absolute atomic E-state index is 0.0638. The van der Waals surface area contributed by atoms with Crippen LogP contribution in [-0.2, 0) is 4.79 Å². The summed E-state index contributed by atoms with van der Waals surface area (Å²) in [4.78, 5) is 24.6. The van der Waals surface area contributed by atoms with Crippen LogP contribution < -0.4 is 4.90 Å². The highest BCUT2D eigenvalue weighted by Gasteiger charge is 2.42. The van der Waals surface area contributed by atoms with Gasteiger partial charge in [-0.2, -0.15) is 0 Å². The van der Waals surface area contributed by atoms with Gasteiger partial charge in [-0.05, 0) is 42.2 Å². The van der Waals surface area contributed by atoms with Gasteiger partial charge in [-0.25, -0.2) is 4.79 Å². The smallest absolute Gasteiger partial charge is 0.339 e. The van der Waals surface area contributed by atoms with Crippen molar-refractivity contribution in [3.63, 3.8) is 0 Å². The third kappa shape index (κ3) is 3.55. The van der Waals surface area contributed by atoms with Crippen LogP contribution in [0.4, 0.5) is 5.69 Å². The van der Waals surface area contributed by atoms with Crippen molar-refractivity contribution >= 4 is 18.1 Å². The number of hydrogen-bond acceptors (Lipinski definition) is 3. The number of nitrogens with zero attached hydrogens (tertiary/aromatic N) is 1. The maximum Gasteiger partial charge on any atom is 0.339 e. The SMILES string of the molecule is CCC1(C)CC(N(C=O)c2cccc(C(=O)O)c2O)CC(C)(C)C1. The fraction of sp³-hybridized carbons (Fsp3) is 0.579. The van der Waals surface area contributed by atoms with Crippen molar-refractivity contribution in [2.45, 2.75) is 59.4 Å². The first-order valence-corrected chi connectivity index (χ1v) is 8.41. The molecule has 0 bridgehead atoms. The number of carbonyl (C=O) groups is 2. The normalized spacial score (nSPS) is 25.9. The van der Waals surface area contributed by atoms with E-state index in [1.54, 1.807) is 12.1 Å². The molecule has 24 heavy (non-hydrogen) atoms. The Bertz CT molecular complexity index is 640. The van der Waals surface area contributed by atoms with Gasteiger partial charge in [0.15, 0.2) is 5.75 Å². The van der Waals surface area contributed by atoms with Gasteiger partial charge in [0.1, 0.15) is 5.56 Å². The Morgan fingerprint density at radius 3 is 2.54 bits per heavy atom. The average Bonchev–Trinajstić information content (AvgIpc) is 2.47. The Morgan fingerprint density at radius 2 is 2.00 bits per heavy atom. The van der Waals surface area contributed by atoms with Crippen LogP contribution in [0.2, 0.25) is 0 Å². The van der Waals surface area contributed by atoms with Gasteiger partial charge in [0.25, 0.3) is 0 Å². The van der Waals surface area contributed by atoms with Crippen LogP contribution in [0, 0.1) is 10.8 Å². The molecule has 0 radical (unpaired) electrons. The van der Waals surface area contributed by atoms with E-state index in [-0.39, 0.29) is 33.9 Å². The molecule has 1 aromatic rings. The first-order valence-electron chi connectivity index (χ1n) is 8.41. The molecule has 5 nitrogen and oxygen atoms in total. The fourth-order valence-corrected chi connectivity index (χ4v) is 4.30. The second kappa shape index (κ2) is 6.46. The zero-order valence-corrected chi connectivity index (χ0v) is 14.9. The Balaban J connectivity index is 2.43. The fourth-order valence-electron chi connectivity index (χ4n) is 4.30. The van der Waals surface area contributed by atoms with Crippen LogP contribution in [0.1, 0.15) is 63.7 Å². The lowest BCUT2D eigenvalue weighted by Gasteiger charge is -2.49. The molecule has 1 saturated carbocycles. The molecule has 2 rings (SSSR count). The summed E-state index contributed by atoms with van der Waals surface area (Å²) in [7, 11) is 0. The zero-order valence-electron chi connectivity index (χ0n) is 14.9. The predicted molar refractivity (Wildman–Crippen MR) is 93.4 cm³/mol. The number of phenols is 1. The molecule has 1 amide bonds. The number of rotatable bonds is 5. The van der Waals surface area contributed by atoms with E-state index >= 15 is 0 Å². The monoisotopic (exact) mass is 333 g/mol. The van der Waals surface area contributed by atoms with E-state index in [4.69, 9.17) is 0 Å². The molecule has 2 atom stereocenters. The van der Waals surface area contributed by atoms with Crippen LogP contribution in [0.5, 0.6) is 5.75 Å². The lowest BCUT2D eigenvalue weighted by Crippen LogP contribution is -2.46. The highest BCUT2D eigenvalue weighted by molar-refractivity contribution is 5.95. The van der Waals surface area contributed by atoms with Gasteiger partial charge in [0, 0.05) is 6.04 Å². The molecular formula is C19H27NO4. The topological polar surface area (TPSA) is 77.8 Å². The van der Waals surface area contributed by atoms with Crippen molar-refractivity contribution in [2.24, 2.45) is 10.8 Å². The lowest BCUT2D eigenvalue weighted by molar-refractivity contribution is -0.108. The van der Waals surface area contributed by atoms with Gasteiger partial charge in [-0.3, -0.25) is 4.79 Å². The Hall–Kier alpha value is -2.04. The second-order valence-corrected chi connectivity index (χ2v) is 8.06. The lowest BCUT2D eigenvalue weighted by atomic mass is 9.61. The first kappa shape index (κ1) is 18.3. The predicted octanol–water partition coefficient (Wildman–Crippen LogP) is 4.05. The van der Waals surface area contributed by atoms with Crippen LogP contribution in [0.25, 0.3) is 0 Å². The summed E-state index contributed by atoms with van der Waals surface area (Å²) >= 11 is 0. The summed E-state index contributed by atoms with van der Waals surface area (Å²) in [6.07, 6.45) is 4.46. The number of aromatic hydroxyl groups is 1. The maximum atomic E-state index is 11.8. The number of carboxylic acid groups (broad SMARTS) is 1. The minimum Gasteiger partial charge on any atom is -0.505 e. The third-order valence-electron chi connectivity index (χ3n) is 5.31. The average molecular weight is 333 g/mol. The number of hydrogen-bond donors (Lipinski definition) is 2. The molecule has 2 unspecified atom stereocenters. The van der Waals surface area contributed by atoms with Gasteiger partial charge in [0.05, 0.1) is 5.69 Å². The standard InChI is InChI=1S/C19H27NO4/c1-5-19(4)10-13(9-18(2,3)11-19)20(12-21)15-8-6-7-14(16(15)22)17(23)24/h6-8,12-13,22H,5,9-11H2,1-4H3,(H,23,24). The van der Waals surface area contributed by atoms with Crippen molar-refractivity contribution in [1.29, 1.82) is 0 Å². The zero-order chi connectivity index (χ0) is 18.1. The van der Waals surface area contributed by atoms with Gasteiger partial charge >= 0.3 is 5.97 Å². The number of amides is 1. The molecule has 0 heterocycles. The van der Waals surface area contributed by atoms with Crippen LogP contribution >= 0.6 is 0 Å². The number of para-hydroxylation sites is 1. The van der Waals surface area contributed by atoms with Crippen LogP contribution in [0.3, 0.4) is 0 Å². The van der Waals surface area contributed by atoms with Gasteiger partial charge in [0.2, 0.25) is 6.41 Å². The summed E-state index contributed by atoms with van der Waals surface area (Å²) in [5.41, 5.74) is 0.279. The Labute approximate surface area is 143 Å². The van der Waals surface area contributed by atoms with Crippen molar-refractivity contribution < 1.29 is 19.8 Å². The van der Waals surface area contributed by atoms with Gasteiger partial charge in [-0.1, -0.05) is 40.2 Å². The molecule has 0 spiro atoms. The molecule has 1 aliphatic carbocycles. The van der Waals surface area contributed by atoms with Crippen molar-refractivity contribution in [2.75, 3.05) is 4.90 Å². The van der Waals surface area contributed by atoms with Crippen molar-refractivity contribution in [3.8, 4) is 5.75 Å². The number of benzene rings is 1. The largest absolute Gasteiger partial charge is 0.505 e. The molecule has 2 N–H and O–H groups in total. The number of carboxylic acids is 1. The molecule has 1 aromatic carbocycles. The quantitative estimate of drug-likeness (QED) is 0.797. The second-order valence-electron chi connectivity index (χ2n) is 8.06. The number of anilines is 1. The molecular weight excluding hydrogens is 306 g/mol. The molecule has 1 fully saturated rings. The molecule has 5 heteroatoms. The maximum absolute atomic E-state index is 11.8. The molecule has 0 saturated heterocycles. The Kier molecular flexibility index (Phi) is 4.92. The van der Waals surface area contributed by atoms with Crippen LogP contribution in [0.15, 0.2) is 18.2 Å². The van der Waals surface area contributed by atoms with E-state index in [1.165, 1.54) is 11.0 Å². The summed E-state index contributed by atoms with van der Waals surface area (Å²) in [6.45, 7) is 8.79. The Morgan fingerprint density at radius 1 is 1.33 bits per heavy atom. The third-order valence-corrected chi connectivity index (χ3v) is 5.31. The molecule has 1 aliphatic rings. The van der Waals surface area contributed by atoms with E-state index in [9.17, 15) is 19.8 Å². The summed E-state index contributed by atoms with van der Waals surface area (Å²) in [6, 6.07) is 4.43. The highest BCUT2D eigenvalue weighted by Crippen LogP contribution is 2.50. The van der Waals surface area contributed by atoms with E-state index in [2.05, 4.69) is 27.7 Å².